The number of carbonyl (C=O) groups excluding carboxylic acids is 1. The van der Waals surface area contributed by atoms with Crippen LogP contribution in [0.1, 0.15) is 16.1 Å². The molecule has 0 aliphatic rings. The SMILES string of the molecule is Cc1nc(Nc2ccccc2)ccc1C=O. The molecule has 0 aliphatic carbocycles. The third kappa shape index (κ3) is 2.25. The lowest BCUT2D eigenvalue weighted by Gasteiger charge is -2.06. The average molecular weight is 212 g/mol. The van der Waals surface area contributed by atoms with Gasteiger partial charge in [0.1, 0.15) is 5.82 Å². The van der Waals surface area contributed by atoms with Gasteiger partial charge in [-0.1, -0.05) is 18.2 Å². The van der Waals surface area contributed by atoms with E-state index in [9.17, 15) is 4.79 Å². The first-order chi connectivity index (χ1) is 7.79. The minimum Gasteiger partial charge on any atom is -0.340 e. The van der Waals surface area contributed by atoms with Gasteiger partial charge in [0, 0.05) is 11.3 Å². The Labute approximate surface area is 94.1 Å². The zero-order chi connectivity index (χ0) is 11.4. The number of aromatic nitrogens is 1. The van der Waals surface area contributed by atoms with Crippen molar-refractivity contribution in [2.24, 2.45) is 0 Å². The lowest BCUT2D eigenvalue weighted by Crippen LogP contribution is -1.97. The first-order valence-electron chi connectivity index (χ1n) is 5.04. The van der Waals surface area contributed by atoms with Gasteiger partial charge < -0.3 is 5.32 Å². The van der Waals surface area contributed by atoms with Crippen LogP contribution in [0.15, 0.2) is 42.5 Å². The van der Waals surface area contributed by atoms with Crippen molar-refractivity contribution in [1.82, 2.24) is 4.98 Å². The average Bonchev–Trinajstić information content (AvgIpc) is 2.31. The molecule has 1 heterocycles. The lowest BCUT2D eigenvalue weighted by atomic mass is 10.2. The molecule has 0 atom stereocenters. The number of hydrogen-bond acceptors (Lipinski definition) is 3. The first-order valence-corrected chi connectivity index (χ1v) is 5.04. The molecule has 16 heavy (non-hydrogen) atoms. The van der Waals surface area contributed by atoms with E-state index in [4.69, 9.17) is 0 Å². The maximum Gasteiger partial charge on any atom is 0.151 e. The van der Waals surface area contributed by atoms with Gasteiger partial charge in [-0.2, -0.15) is 0 Å². The van der Waals surface area contributed by atoms with Gasteiger partial charge in [-0.3, -0.25) is 4.79 Å². The van der Waals surface area contributed by atoms with Crippen molar-refractivity contribution in [3.63, 3.8) is 0 Å². The number of rotatable bonds is 3. The maximum absolute atomic E-state index is 10.6. The third-order valence-electron chi connectivity index (χ3n) is 2.30. The summed E-state index contributed by atoms with van der Waals surface area (Å²) >= 11 is 0. The highest BCUT2D eigenvalue weighted by Gasteiger charge is 2.00. The van der Waals surface area contributed by atoms with E-state index in [2.05, 4.69) is 10.3 Å². The highest BCUT2D eigenvalue weighted by Crippen LogP contribution is 2.15. The quantitative estimate of drug-likeness (QED) is 0.795. The molecule has 1 N–H and O–H groups in total. The van der Waals surface area contributed by atoms with Crippen LogP contribution < -0.4 is 5.32 Å². The molecule has 2 aromatic rings. The Hall–Kier alpha value is -2.16. The Balaban J connectivity index is 2.23. The predicted molar refractivity (Wildman–Crippen MR) is 64.1 cm³/mol. The molecule has 0 saturated heterocycles. The molecule has 80 valence electrons. The van der Waals surface area contributed by atoms with E-state index >= 15 is 0 Å². The molecule has 0 spiro atoms. The second-order valence-corrected chi connectivity index (χ2v) is 3.48. The second kappa shape index (κ2) is 4.57. The van der Waals surface area contributed by atoms with E-state index in [-0.39, 0.29) is 0 Å². The van der Waals surface area contributed by atoms with Crippen molar-refractivity contribution in [3.05, 3.63) is 53.7 Å². The summed E-state index contributed by atoms with van der Waals surface area (Å²) in [6.07, 6.45) is 0.814. The smallest absolute Gasteiger partial charge is 0.151 e. The number of aldehydes is 1. The fourth-order valence-corrected chi connectivity index (χ4v) is 1.44. The Bertz CT molecular complexity index is 495. The van der Waals surface area contributed by atoms with Crippen molar-refractivity contribution in [3.8, 4) is 0 Å². The van der Waals surface area contributed by atoms with E-state index < -0.39 is 0 Å². The molecule has 0 aliphatic heterocycles. The second-order valence-electron chi connectivity index (χ2n) is 3.48. The van der Waals surface area contributed by atoms with Crippen LogP contribution in [0.5, 0.6) is 0 Å². The van der Waals surface area contributed by atoms with E-state index in [0.29, 0.717) is 5.56 Å². The number of anilines is 2. The monoisotopic (exact) mass is 212 g/mol. The maximum atomic E-state index is 10.6. The van der Waals surface area contributed by atoms with E-state index in [1.54, 1.807) is 12.1 Å². The van der Waals surface area contributed by atoms with Crippen molar-refractivity contribution in [2.75, 3.05) is 5.32 Å². The highest BCUT2D eigenvalue weighted by molar-refractivity contribution is 5.77. The first kappa shape index (κ1) is 10.4. The number of pyridine rings is 1. The summed E-state index contributed by atoms with van der Waals surface area (Å²) in [6, 6.07) is 13.4. The minimum atomic E-state index is 0.624. The topological polar surface area (TPSA) is 42.0 Å². The molecule has 2 rings (SSSR count). The third-order valence-corrected chi connectivity index (χ3v) is 2.30. The molecule has 0 saturated carbocycles. The summed E-state index contributed by atoms with van der Waals surface area (Å²) in [7, 11) is 0. The number of nitrogens with one attached hydrogen (secondary N) is 1. The van der Waals surface area contributed by atoms with Crippen molar-refractivity contribution in [1.29, 1.82) is 0 Å². The van der Waals surface area contributed by atoms with Crippen LogP contribution in [0.3, 0.4) is 0 Å². The van der Waals surface area contributed by atoms with Crippen LogP contribution in [0.2, 0.25) is 0 Å². The summed E-state index contributed by atoms with van der Waals surface area (Å²) in [5.41, 5.74) is 2.34. The van der Waals surface area contributed by atoms with E-state index in [1.807, 2.05) is 37.3 Å². The fourth-order valence-electron chi connectivity index (χ4n) is 1.44. The van der Waals surface area contributed by atoms with Crippen LogP contribution in [0.25, 0.3) is 0 Å². The summed E-state index contributed by atoms with van der Waals surface area (Å²) < 4.78 is 0. The van der Waals surface area contributed by atoms with Gasteiger partial charge in [0.2, 0.25) is 0 Å². The summed E-state index contributed by atoms with van der Waals surface area (Å²) in [5.74, 6) is 0.745. The Morgan fingerprint density at radius 1 is 1.12 bits per heavy atom. The van der Waals surface area contributed by atoms with Crippen LogP contribution >= 0.6 is 0 Å². The molecular formula is C13H12N2O. The molecule has 1 aromatic heterocycles. The number of benzene rings is 1. The zero-order valence-electron chi connectivity index (χ0n) is 8.97. The minimum absolute atomic E-state index is 0.624. The molecule has 1 aromatic carbocycles. The molecule has 0 unspecified atom stereocenters. The fraction of sp³-hybridized carbons (Fsp3) is 0.0769. The number of nitrogens with zero attached hydrogens (tertiary/aromatic N) is 1. The molecule has 3 nitrogen and oxygen atoms in total. The standard InChI is InChI=1S/C13H12N2O/c1-10-11(9-16)7-8-13(14-10)15-12-5-3-2-4-6-12/h2-9H,1H3,(H,14,15). The summed E-state index contributed by atoms with van der Waals surface area (Å²) in [4.78, 5) is 14.9. The van der Waals surface area contributed by atoms with E-state index in [1.165, 1.54) is 0 Å². The predicted octanol–water partition coefficient (Wildman–Crippen LogP) is 2.95. The molecule has 0 radical (unpaired) electrons. The van der Waals surface area contributed by atoms with Crippen molar-refractivity contribution < 1.29 is 4.79 Å². The molecule has 0 bridgehead atoms. The van der Waals surface area contributed by atoms with E-state index in [0.717, 1.165) is 23.5 Å². The molecule has 0 fully saturated rings. The summed E-state index contributed by atoms with van der Waals surface area (Å²) in [5, 5.41) is 3.17. The number of hydrogen-bond donors (Lipinski definition) is 1. The van der Waals surface area contributed by atoms with Crippen molar-refractivity contribution in [2.45, 2.75) is 6.92 Å². The van der Waals surface area contributed by atoms with Crippen molar-refractivity contribution >= 4 is 17.8 Å². The normalized spacial score (nSPS) is 9.81. The van der Waals surface area contributed by atoms with Gasteiger partial charge in [0.15, 0.2) is 6.29 Å². The van der Waals surface area contributed by atoms with Crippen LogP contribution in [-0.4, -0.2) is 11.3 Å². The largest absolute Gasteiger partial charge is 0.340 e. The number of para-hydroxylation sites is 1. The van der Waals surface area contributed by atoms with Gasteiger partial charge in [-0.05, 0) is 31.2 Å². The molecular weight excluding hydrogens is 200 g/mol. The molecule has 3 heteroatoms. The summed E-state index contributed by atoms with van der Waals surface area (Å²) in [6.45, 7) is 1.82. The number of carbonyl (C=O) groups is 1. The van der Waals surface area contributed by atoms with Gasteiger partial charge in [-0.15, -0.1) is 0 Å². The van der Waals surface area contributed by atoms with Crippen LogP contribution in [0.4, 0.5) is 11.5 Å². The van der Waals surface area contributed by atoms with Gasteiger partial charge >= 0.3 is 0 Å². The number of aryl methyl sites for hydroxylation is 1. The Morgan fingerprint density at radius 3 is 2.50 bits per heavy atom. The van der Waals surface area contributed by atoms with Gasteiger partial charge in [0.05, 0.1) is 5.69 Å². The Morgan fingerprint density at radius 2 is 1.88 bits per heavy atom. The van der Waals surface area contributed by atoms with Crippen LogP contribution in [0, 0.1) is 6.92 Å². The van der Waals surface area contributed by atoms with Gasteiger partial charge in [-0.25, -0.2) is 4.98 Å². The van der Waals surface area contributed by atoms with Gasteiger partial charge in [0.25, 0.3) is 0 Å². The molecule has 0 amide bonds. The zero-order valence-corrected chi connectivity index (χ0v) is 8.97. The highest BCUT2D eigenvalue weighted by atomic mass is 16.1. The van der Waals surface area contributed by atoms with Crippen LogP contribution in [-0.2, 0) is 0 Å². The lowest BCUT2D eigenvalue weighted by molar-refractivity contribution is 0.112. The Kier molecular flexibility index (Phi) is 2.96.